The zero-order chi connectivity index (χ0) is 10.9. The van der Waals surface area contributed by atoms with Crippen molar-refractivity contribution in [1.29, 1.82) is 0 Å². The molecule has 1 nitrogen and oxygen atoms in total. The highest BCUT2D eigenvalue weighted by Crippen LogP contribution is 2.33. The van der Waals surface area contributed by atoms with Gasteiger partial charge in [-0.05, 0) is 31.9 Å². The molecule has 0 fully saturated rings. The van der Waals surface area contributed by atoms with E-state index in [-0.39, 0.29) is 5.56 Å². The lowest BCUT2D eigenvalue weighted by Crippen LogP contribution is -2.19. The van der Waals surface area contributed by atoms with Crippen LogP contribution in [0.2, 0.25) is 0 Å². The first kappa shape index (κ1) is 11.1. The fourth-order valence-electron chi connectivity index (χ4n) is 1.74. The lowest BCUT2D eigenvalue weighted by molar-refractivity contribution is -0.232. The molecule has 0 saturated heterocycles. The summed E-state index contributed by atoms with van der Waals surface area (Å²) in [6, 6.07) is 3.46. The standard InChI is InChI=1S/C11H14F2O/c1-7-5-8(2)10(9(3)6-7)11(12,13)14-4/h5-6H,1-4H3. The molecule has 0 radical (unpaired) electrons. The number of rotatable bonds is 2. The Kier molecular flexibility index (Phi) is 2.90. The van der Waals surface area contributed by atoms with Crippen molar-refractivity contribution in [1.82, 2.24) is 0 Å². The smallest absolute Gasteiger partial charge is 0.320 e. The zero-order valence-corrected chi connectivity index (χ0v) is 8.82. The number of hydrogen-bond donors (Lipinski definition) is 0. The topological polar surface area (TPSA) is 9.23 Å². The van der Waals surface area contributed by atoms with E-state index in [1.54, 1.807) is 26.0 Å². The first-order chi connectivity index (χ1) is 6.38. The first-order valence-corrected chi connectivity index (χ1v) is 4.40. The highest BCUT2D eigenvalue weighted by atomic mass is 19.3. The van der Waals surface area contributed by atoms with E-state index >= 15 is 0 Å². The number of halogens is 2. The van der Waals surface area contributed by atoms with Gasteiger partial charge in [0.25, 0.3) is 0 Å². The summed E-state index contributed by atoms with van der Waals surface area (Å²) in [5.74, 6) is 0. The number of ether oxygens (including phenoxy) is 1. The average molecular weight is 200 g/mol. The molecule has 3 heteroatoms. The largest absolute Gasteiger partial charge is 0.383 e. The summed E-state index contributed by atoms with van der Waals surface area (Å²) < 4.78 is 30.8. The SMILES string of the molecule is COC(F)(F)c1c(C)cc(C)cc1C. The summed E-state index contributed by atoms with van der Waals surface area (Å²) >= 11 is 0. The van der Waals surface area contributed by atoms with E-state index in [9.17, 15) is 8.78 Å². The highest BCUT2D eigenvalue weighted by Gasteiger charge is 2.34. The molecule has 0 N–H and O–H groups in total. The van der Waals surface area contributed by atoms with Crippen LogP contribution >= 0.6 is 0 Å². The Morgan fingerprint density at radius 3 is 1.86 bits per heavy atom. The van der Waals surface area contributed by atoms with Crippen molar-refractivity contribution in [3.05, 3.63) is 34.4 Å². The van der Waals surface area contributed by atoms with Gasteiger partial charge in [-0.25, -0.2) is 0 Å². The number of alkyl halides is 2. The maximum atomic E-state index is 13.3. The van der Waals surface area contributed by atoms with Crippen LogP contribution in [0.1, 0.15) is 22.3 Å². The Morgan fingerprint density at radius 1 is 1.07 bits per heavy atom. The van der Waals surface area contributed by atoms with E-state index in [1.807, 2.05) is 6.92 Å². The molecular weight excluding hydrogens is 186 g/mol. The normalized spacial score (nSPS) is 11.9. The van der Waals surface area contributed by atoms with Crippen molar-refractivity contribution < 1.29 is 13.5 Å². The summed E-state index contributed by atoms with van der Waals surface area (Å²) in [6.07, 6.45) is -3.19. The van der Waals surface area contributed by atoms with Crippen LogP contribution in [0.4, 0.5) is 8.78 Å². The maximum absolute atomic E-state index is 13.3. The number of benzene rings is 1. The monoisotopic (exact) mass is 200 g/mol. The maximum Gasteiger partial charge on any atom is 0.383 e. The minimum absolute atomic E-state index is 0.0226. The van der Waals surface area contributed by atoms with Crippen molar-refractivity contribution in [2.24, 2.45) is 0 Å². The minimum Gasteiger partial charge on any atom is -0.320 e. The zero-order valence-electron chi connectivity index (χ0n) is 8.82. The van der Waals surface area contributed by atoms with Gasteiger partial charge in [0.05, 0.1) is 5.56 Å². The van der Waals surface area contributed by atoms with E-state index in [0.29, 0.717) is 11.1 Å². The van der Waals surface area contributed by atoms with Crippen LogP contribution < -0.4 is 0 Å². The average Bonchev–Trinajstić information content (AvgIpc) is 2.01. The molecule has 0 unspecified atom stereocenters. The molecule has 0 aliphatic heterocycles. The Morgan fingerprint density at radius 2 is 1.50 bits per heavy atom. The predicted octanol–water partition coefficient (Wildman–Crippen LogP) is 3.31. The van der Waals surface area contributed by atoms with Gasteiger partial charge in [0.2, 0.25) is 0 Å². The van der Waals surface area contributed by atoms with E-state index < -0.39 is 6.11 Å². The van der Waals surface area contributed by atoms with E-state index in [0.717, 1.165) is 12.7 Å². The third kappa shape index (κ3) is 1.93. The van der Waals surface area contributed by atoms with Crippen LogP contribution in [-0.2, 0) is 10.8 Å². The Balaban J connectivity index is 3.35. The second kappa shape index (κ2) is 3.65. The molecule has 0 heterocycles. The van der Waals surface area contributed by atoms with Crippen molar-refractivity contribution in [2.45, 2.75) is 26.9 Å². The third-order valence-electron chi connectivity index (χ3n) is 2.22. The van der Waals surface area contributed by atoms with Gasteiger partial charge in [0.1, 0.15) is 0 Å². The second-order valence-electron chi connectivity index (χ2n) is 3.49. The predicted molar refractivity (Wildman–Crippen MR) is 51.6 cm³/mol. The third-order valence-corrected chi connectivity index (χ3v) is 2.22. The summed E-state index contributed by atoms with van der Waals surface area (Å²) in [4.78, 5) is 0. The van der Waals surface area contributed by atoms with Crippen molar-refractivity contribution in [3.63, 3.8) is 0 Å². The van der Waals surface area contributed by atoms with Crippen LogP contribution in [0.5, 0.6) is 0 Å². The van der Waals surface area contributed by atoms with Gasteiger partial charge in [-0.1, -0.05) is 17.7 Å². The molecule has 1 aromatic carbocycles. The van der Waals surface area contributed by atoms with Gasteiger partial charge >= 0.3 is 6.11 Å². The fourth-order valence-corrected chi connectivity index (χ4v) is 1.74. The van der Waals surface area contributed by atoms with E-state index in [1.165, 1.54) is 0 Å². The van der Waals surface area contributed by atoms with Crippen LogP contribution in [0.25, 0.3) is 0 Å². The lowest BCUT2D eigenvalue weighted by atomic mass is 9.99. The van der Waals surface area contributed by atoms with Gasteiger partial charge in [0.15, 0.2) is 0 Å². The van der Waals surface area contributed by atoms with Gasteiger partial charge in [-0.3, -0.25) is 0 Å². The summed E-state index contributed by atoms with van der Waals surface area (Å²) in [6.45, 7) is 5.22. The molecule has 0 amide bonds. The second-order valence-corrected chi connectivity index (χ2v) is 3.49. The molecule has 14 heavy (non-hydrogen) atoms. The molecule has 1 rings (SSSR count). The molecule has 0 aromatic heterocycles. The van der Waals surface area contributed by atoms with Gasteiger partial charge in [0, 0.05) is 7.11 Å². The number of hydrogen-bond acceptors (Lipinski definition) is 1. The molecular formula is C11H14F2O. The highest BCUT2D eigenvalue weighted by molar-refractivity contribution is 5.39. The molecule has 0 aliphatic rings. The Bertz CT molecular complexity index is 322. The van der Waals surface area contributed by atoms with Crippen LogP contribution in [0, 0.1) is 20.8 Å². The van der Waals surface area contributed by atoms with Crippen molar-refractivity contribution in [3.8, 4) is 0 Å². The Labute approximate surface area is 82.7 Å². The van der Waals surface area contributed by atoms with Crippen LogP contribution in [-0.4, -0.2) is 7.11 Å². The van der Waals surface area contributed by atoms with Crippen molar-refractivity contribution >= 4 is 0 Å². The van der Waals surface area contributed by atoms with Gasteiger partial charge in [-0.2, -0.15) is 8.78 Å². The lowest BCUT2D eigenvalue weighted by Gasteiger charge is -2.19. The molecule has 0 atom stereocenters. The molecule has 0 aliphatic carbocycles. The Hall–Kier alpha value is -0.960. The molecule has 0 bridgehead atoms. The van der Waals surface area contributed by atoms with Crippen LogP contribution in [0.15, 0.2) is 12.1 Å². The molecule has 1 aromatic rings. The summed E-state index contributed by atoms with van der Waals surface area (Å²) in [5.41, 5.74) is 2.09. The van der Waals surface area contributed by atoms with Gasteiger partial charge in [-0.15, -0.1) is 0 Å². The molecule has 0 spiro atoms. The number of aryl methyl sites for hydroxylation is 3. The van der Waals surface area contributed by atoms with Crippen molar-refractivity contribution in [2.75, 3.05) is 7.11 Å². The summed E-state index contributed by atoms with van der Waals surface area (Å²) in [5, 5.41) is 0. The summed E-state index contributed by atoms with van der Waals surface area (Å²) in [7, 11) is 1.01. The fraction of sp³-hybridized carbons (Fsp3) is 0.455. The van der Waals surface area contributed by atoms with Crippen LogP contribution in [0.3, 0.4) is 0 Å². The minimum atomic E-state index is -3.19. The first-order valence-electron chi connectivity index (χ1n) is 4.40. The molecule has 78 valence electrons. The van der Waals surface area contributed by atoms with Gasteiger partial charge < -0.3 is 4.74 Å². The quantitative estimate of drug-likeness (QED) is 0.711. The van der Waals surface area contributed by atoms with E-state index in [2.05, 4.69) is 4.74 Å². The number of methoxy groups -OCH3 is 1. The van der Waals surface area contributed by atoms with E-state index in [4.69, 9.17) is 0 Å². The molecule has 0 saturated carbocycles.